The van der Waals surface area contributed by atoms with Gasteiger partial charge in [0.25, 0.3) is 5.91 Å². The summed E-state index contributed by atoms with van der Waals surface area (Å²) in [5.74, 6) is 1.92. The molecule has 0 radical (unpaired) electrons. The summed E-state index contributed by atoms with van der Waals surface area (Å²) in [6, 6.07) is 18.8. The molecule has 0 N–H and O–H groups in total. The molecular weight excluding hydrogens is 508 g/mol. The predicted molar refractivity (Wildman–Crippen MR) is 157 cm³/mol. The van der Waals surface area contributed by atoms with Crippen molar-refractivity contribution in [1.82, 2.24) is 19.8 Å². The van der Waals surface area contributed by atoms with Gasteiger partial charge in [-0.2, -0.15) is 0 Å². The molecule has 2 aliphatic heterocycles. The van der Waals surface area contributed by atoms with E-state index in [1.807, 2.05) is 23.1 Å². The summed E-state index contributed by atoms with van der Waals surface area (Å²) in [6.07, 6.45) is 1.64. The quantitative estimate of drug-likeness (QED) is 0.360. The van der Waals surface area contributed by atoms with E-state index in [4.69, 9.17) is 9.72 Å². The molecule has 4 heterocycles. The molecule has 6 rings (SSSR count). The number of aryl methyl sites for hydroxylation is 1. The third-order valence-corrected chi connectivity index (χ3v) is 9.01. The van der Waals surface area contributed by atoms with Crippen molar-refractivity contribution in [2.75, 3.05) is 69.3 Å². The molecule has 0 unspecified atom stereocenters. The smallest absolute Gasteiger partial charge is 0.264 e. The van der Waals surface area contributed by atoms with Crippen molar-refractivity contribution in [2.24, 2.45) is 0 Å². The summed E-state index contributed by atoms with van der Waals surface area (Å²) >= 11 is 1.50. The number of carbonyl (C=O) groups excluding carboxylic acids is 1. The van der Waals surface area contributed by atoms with Crippen molar-refractivity contribution in [1.29, 1.82) is 0 Å². The van der Waals surface area contributed by atoms with Gasteiger partial charge in [0, 0.05) is 64.6 Å². The SMILES string of the molecule is COc1ccc(N2CCN(c3ncnc4sc(C(=O)N5CCN(Cc6ccccc6)CC5)c(C)c34)CC2)cc1. The van der Waals surface area contributed by atoms with E-state index in [1.165, 1.54) is 22.6 Å². The van der Waals surface area contributed by atoms with E-state index in [2.05, 4.69) is 63.0 Å². The lowest BCUT2D eigenvalue weighted by Gasteiger charge is -2.37. The van der Waals surface area contributed by atoms with Gasteiger partial charge >= 0.3 is 0 Å². The van der Waals surface area contributed by atoms with E-state index < -0.39 is 0 Å². The molecule has 0 atom stereocenters. The largest absolute Gasteiger partial charge is 0.497 e. The van der Waals surface area contributed by atoms with Crippen LogP contribution in [0, 0.1) is 6.92 Å². The van der Waals surface area contributed by atoms with Crippen molar-refractivity contribution in [3.05, 3.63) is 76.9 Å². The highest BCUT2D eigenvalue weighted by Gasteiger charge is 2.28. The number of carbonyl (C=O) groups is 1. The first-order valence-corrected chi connectivity index (χ1v) is 14.4. The van der Waals surface area contributed by atoms with Gasteiger partial charge in [-0.15, -0.1) is 11.3 Å². The molecule has 8 nitrogen and oxygen atoms in total. The molecule has 2 fully saturated rings. The van der Waals surface area contributed by atoms with Gasteiger partial charge < -0.3 is 19.4 Å². The number of nitrogens with zero attached hydrogens (tertiary/aromatic N) is 6. The molecule has 2 aliphatic rings. The number of fused-ring (bicyclic) bond motifs is 1. The fourth-order valence-corrected chi connectivity index (χ4v) is 6.67. The molecule has 2 saturated heterocycles. The van der Waals surface area contributed by atoms with Crippen LogP contribution in [0.25, 0.3) is 10.2 Å². The maximum Gasteiger partial charge on any atom is 0.264 e. The van der Waals surface area contributed by atoms with E-state index in [-0.39, 0.29) is 5.91 Å². The second kappa shape index (κ2) is 11.2. The first-order chi connectivity index (χ1) is 19.1. The van der Waals surface area contributed by atoms with Gasteiger partial charge in [0.2, 0.25) is 0 Å². The number of amides is 1. The monoisotopic (exact) mass is 542 g/mol. The van der Waals surface area contributed by atoms with Gasteiger partial charge in [-0.3, -0.25) is 9.69 Å². The molecule has 39 heavy (non-hydrogen) atoms. The molecule has 0 spiro atoms. The molecule has 2 aromatic carbocycles. The first kappa shape index (κ1) is 25.6. The average Bonchev–Trinajstić information content (AvgIpc) is 3.34. The maximum absolute atomic E-state index is 13.6. The van der Waals surface area contributed by atoms with Gasteiger partial charge in [0.05, 0.1) is 17.4 Å². The van der Waals surface area contributed by atoms with Gasteiger partial charge in [-0.25, -0.2) is 9.97 Å². The molecule has 9 heteroatoms. The van der Waals surface area contributed by atoms with Crippen LogP contribution in [0.15, 0.2) is 60.9 Å². The minimum atomic E-state index is 0.116. The van der Waals surface area contributed by atoms with Crippen LogP contribution in [0.2, 0.25) is 0 Å². The first-order valence-electron chi connectivity index (χ1n) is 13.5. The number of methoxy groups -OCH3 is 1. The Morgan fingerprint density at radius 1 is 0.872 bits per heavy atom. The molecule has 4 aromatic rings. The summed E-state index contributed by atoms with van der Waals surface area (Å²) in [6.45, 7) is 9.76. The van der Waals surface area contributed by atoms with Gasteiger partial charge in [-0.1, -0.05) is 30.3 Å². The van der Waals surface area contributed by atoms with Crippen LogP contribution in [-0.2, 0) is 6.54 Å². The van der Waals surface area contributed by atoms with Crippen molar-refractivity contribution in [3.8, 4) is 5.75 Å². The Morgan fingerprint density at radius 2 is 1.56 bits per heavy atom. The van der Waals surface area contributed by atoms with Crippen molar-refractivity contribution >= 4 is 39.0 Å². The highest BCUT2D eigenvalue weighted by molar-refractivity contribution is 7.20. The Labute approximate surface area is 233 Å². The summed E-state index contributed by atoms with van der Waals surface area (Å²) in [5.41, 5.74) is 3.51. The van der Waals surface area contributed by atoms with Crippen LogP contribution in [0.4, 0.5) is 11.5 Å². The number of thiophene rings is 1. The molecule has 0 saturated carbocycles. The number of hydrogen-bond donors (Lipinski definition) is 0. The Hall–Kier alpha value is -3.69. The summed E-state index contributed by atoms with van der Waals surface area (Å²) < 4.78 is 5.30. The summed E-state index contributed by atoms with van der Waals surface area (Å²) in [7, 11) is 1.69. The number of piperazine rings is 2. The second-order valence-electron chi connectivity index (χ2n) is 10.2. The normalized spacial score (nSPS) is 16.6. The zero-order valence-corrected chi connectivity index (χ0v) is 23.4. The predicted octanol–water partition coefficient (Wildman–Crippen LogP) is 4.29. The molecular formula is C30H34N6O2S. The standard InChI is InChI=1S/C30H34N6O2S/c1-22-26-28(35-18-16-34(17-19-35)24-8-10-25(38-2)11-9-24)31-21-32-29(26)39-27(22)30(37)36-14-12-33(13-15-36)20-23-6-4-3-5-7-23/h3-11,21H,12-20H2,1-2H3. The van der Waals surface area contributed by atoms with E-state index in [1.54, 1.807) is 13.4 Å². The molecule has 0 aliphatic carbocycles. The summed E-state index contributed by atoms with van der Waals surface area (Å²) in [4.78, 5) is 33.7. The number of aromatic nitrogens is 2. The molecule has 1 amide bonds. The van der Waals surface area contributed by atoms with Crippen molar-refractivity contribution in [2.45, 2.75) is 13.5 Å². The number of hydrogen-bond acceptors (Lipinski definition) is 8. The molecule has 2 aromatic heterocycles. The zero-order valence-electron chi connectivity index (χ0n) is 22.5. The highest BCUT2D eigenvalue weighted by atomic mass is 32.1. The number of rotatable bonds is 6. The fraction of sp³-hybridized carbons (Fsp3) is 0.367. The van der Waals surface area contributed by atoms with E-state index >= 15 is 0 Å². The number of anilines is 2. The third kappa shape index (κ3) is 5.29. The Balaban J connectivity index is 1.13. The Morgan fingerprint density at radius 3 is 2.26 bits per heavy atom. The maximum atomic E-state index is 13.6. The van der Waals surface area contributed by atoms with Crippen LogP contribution in [-0.4, -0.2) is 85.1 Å². The van der Waals surface area contributed by atoms with Crippen LogP contribution in [0.3, 0.4) is 0 Å². The highest BCUT2D eigenvalue weighted by Crippen LogP contribution is 2.36. The van der Waals surface area contributed by atoms with Crippen LogP contribution in [0.5, 0.6) is 5.75 Å². The third-order valence-electron chi connectivity index (χ3n) is 7.83. The second-order valence-corrected chi connectivity index (χ2v) is 11.2. The fourth-order valence-electron chi connectivity index (χ4n) is 5.56. The van der Waals surface area contributed by atoms with E-state index in [9.17, 15) is 4.79 Å². The van der Waals surface area contributed by atoms with Crippen molar-refractivity contribution in [3.63, 3.8) is 0 Å². The topological polar surface area (TPSA) is 65.0 Å². The van der Waals surface area contributed by atoms with E-state index in [0.29, 0.717) is 0 Å². The van der Waals surface area contributed by atoms with Crippen LogP contribution >= 0.6 is 11.3 Å². The van der Waals surface area contributed by atoms with Crippen LogP contribution < -0.4 is 14.5 Å². The molecule has 0 bridgehead atoms. The van der Waals surface area contributed by atoms with Crippen molar-refractivity contribution < 1.29 is 9.53 Å². The number of ether oxygens (including phenoxy) is 1. The number of benzene rings is 2. The Kier molecular flexibility index (Phi) is 7.34. The lowest BCUT2D eigenvalue weighted by molar-refractivity contribution is 0.0632. The van der Waals surface area contributed by atoms with Gasteiger partial charge in [0.15, 0.2) is 0 Å². The average molecular weight is 543 g/mol. The van der Waals surface area contributed by atoms with E-state index in [0.717, 1.165) is 91.1 Å². The lowest BCUT2D eigenvalue weighted by atomic mass is 10.1. The molecule has 202 valence electrons. The minimum Gasteiger partial charge on any atom is -0.497 e. The van der Waals surface area contributed by atoms with Gasteiger partial charge in [-0.05, 0) is 42.3 Å². The van der Waals surface area contributed by atoms with Gasteiger partial charge in [0.1, 0.15) is 22.7 Å². The Bertz CT molecular complexity index is 1430. The zero-order chi connectivity index (χ0) is 26.8. The summed E-state index contributed by atoms with van der Waals surface area (Å²) in [5, 5.41) is 1.02. The minimum absolute atomic E-state index is 0.116. The lowest BCUT2D eigenvalue weighted by Crippen LogP contribution is -2.48. The van der Waals surface area contributed by atoms with Crippen LogP contribution in [0.1, 0.15) is 20.8 Å².